The number of alkyl halides is 3. The van der Waals surface area contributed by atoms with Crippen molar-refractivity contribution in [2.75, 3.05) is 18.6 Å². The Hall–Kier alpha value is -2.88. The highest BCUT2D eigenvalue weighted by Crippen LogP contribution is 2.35. The van der Waals surface area contributed by atoms with Gasteiger partial charge in [0.1, 0.15) is 10.6 Å². The molecule has 6 nitrogen and oxygen atoms in total. The van der Waals surface area contributed by atoms with Crippen molar-refractivity contribution >= 4 is 17.2 Å². The molecule has 3 aromatic rings. The molecule has 0 bridgehead atoms. The number of aromatic nitrogens is 3. The topological polar surface area (TPSA) is 60.2 Å². The Morgan fingerprint density at radius 1 is 1.27 bits per heavy atom. The summed E-state index contributed by atoms with van der Waals surface area (Å²) in [5, 5.41) is 4.14. The summed E-state index contributed by atoms with van der Waals surface area (Å²) in [6.07, 6.45) is -2.13. The molecule has 0 N–H and O–H groups in total. The predicted octanol–water partition coefficient (Wildman–Crippen LogP) is 3.90. The number of thiophene rings is 1. The number of hydrogen-bond acceptors (Lipinski definition) is 6. The molecule has 0 saturated carbocycles. The maximum Gasteiger partial charge on any atom is 0.425 e. The summed E-state index contributed by atoms with van der Waals surface area (Å²) in [7, 11) is 1.63. The van der Waals surface area contributed by atoms with Crippen LogP contribution in [0.3, 0.4) is 0 Å². The monoisotopic (exact) mass is 436 g/mol. The van der Waals surface area contributed by atoms with E-state index in [1.807, 2.05) is 30.0 Å². The summed E-state index contributed by atoms with van der Waals surface area (Å²) in [5.74, 6) is 1.26. The van der Waals surface area contributed by atoms with Crippen LogP contribution in [0, 0.1) is 0 Å². The lowest BCUT2D eigenvalue weighted by atomic mass is 9.93. The third-order valence-electron chi connectivity index (χ3n) is 5.17. The summed E-state index contributed by atoms with van der Waals surface area (Å²) in [4.78, 5) is 18.3. The quantitative estimate of drug-likeness (QED) is 0.621. The van der Waals surface area contributed by atoms with Crippen LogP contribution >= 0.6 is 11.3 Å². The van der Waals surface area contributed by atoms with Crippen LogP contribution < -0.4 is 15.3 Å². The largest absolute Gasteiger partial charge is 0.497 e. The molecule has 0 fully saturated rings. The molecule has 10 heteroatoms. The number of halogens is 3. The van der Waals surface area contributed by atoms with Gasteiger partial charge in [-0.05, 0) is 48.7 Å². The van der Waals surface area contributed by atoms with E-state index in [0.29, 0.717) is 28.6 Å². The van der Waals surface area contributed by atoms with Crippen LogP contribution in [0.4, 0.5) is 19.0 Å². The summed E-state index contributed by atoms with van der Waals surface area (Å²) < 4.78 is 44.6. The summed E-state index contributed by atoms with van der Waals surface area (Å²) >= 11 is 0.598. The molecule has 1 aliphatic rings. The van der Waals surface area contributed by atoms with E-state index in [-0.39, 0.29) is 12.6 Å². The van der Waals surface area contributed by atoms with Crippen LogP contribution in [0.5, 0.6) is 5.75 Å². The molecule has 1 aliphatic heterocycles. The van der Waals surface area contributed by atoms with Gasteiger partial charge in [-0.2, -0.15) is 23.3 Å². The molecule has 4 rings (SSSR count). The van der Waals surface area contributed by atoms with Crippen molar-refractivity contribution in [1.82, 2.24) is 14.8 Å². The van der Waals surface area contributed by atoms with Gasteiger partial charge in [0.15, 0.2) is 5.82 Å². The number of rotatable bonds is 4. The van der Waals surface area contributed by atoms with Crippen LogP contribution in [0.2, 0.25) is 0 Å². The van der Waals surface area contributed by atoms with Gasteiger partial charge in [0.2, 0.25) is 0 Å². The molecule has 1 atom stereocenters. The number of nitrogens with zero attached hydrogens (tertiary/aromatic N) is 4. The fraction of sp³-hybridized carbons (Fsp3) is 0.350. The molecule has 3 heterocycles. The molecular weight excluding hydrogens is 417 g/mol. The maximum atomic E-state index is 12.8. The summed E-state index contributed by atoms with van der Waals surface area (Å²) in [6, 6.07) is 8.29. The highest BCUT2D eigenvalue weighted by molar-refractivity contribution is 7.12. The zero-order valence-corrected chi connectivity index (χ0v) is 17.1. The second-order valence-corrected chi connectivity index (χ2v) is 8.17. The number of anilines is 1. The molecule has 1 unspecified atom stereocenters. The predicted molar refractivity (Wildman–Crippen MR) is 107 cm³/mol. The average Bonchev–Trinajstić information content (AvgIpc) is 3.19. The Morgan fingerprint density at radius 3 is 2.73 bits per heavy atom. The highest BCUT2D eigenvalue weighted by atomic mass is 32.1. The lowest BCUT2D eigenvalue weighted by molar-refractivity contribution is -0.134. The van der Waals surface area contributed by atoms with E-state index >= 15 is 0 Å². The SMILES string of the molecule is COc1ccc2c(c1)CCN(c1cnn(Cc3ccc(C(F)(F)F)s3)c(=O)n1)C2C. The zero-order chi connectivity index (χ0) is 21.5. The Bertz CT molecular complexity index is 1130. The van der Waals surface area contributed by atoms with Gasteiger partial charge in [-0.1, -0.05) is 6.07 Å². The van der Waals surface area contributed by atoms with E-state index in [1.165, 1.54) is 17.8 Å². The Balaban J connectivity index is 1.54. The lowest BCUT2D eigenvalue weighted by Gasteiger charge is -2.36. The normalized spacial score (nSPS) is 16.4. The second-order valence-electron chi connectivity index (χ2n) is 7.00. The molecule has 0 aliphatic carbocycles. The van der Waals surface area contributed by atoms with Crippen molar-refractivity contribution in [3.63, 3.8) is 0 Å². The van der Waals surface area contributed by atoms with E-state index in [4.69, 9.17) is 4.74 Å². The van der Waals surface area contributed by atoms with Crippen LogP contribution in [-0.2, 0) is 19.1 Å². The second kappa shape index (κ2) is 7.75. The first-order valence-electron chi connectivity index (χ1n) is 9.30. The fourth-order valence-electron chi connectivity index (χ4n) is 3.61. The third-order valence-corrected chi connectivity index (χ3v) is 6.29. The van der Waals surface area contributed by atoms with Crippen molar-refractivity contribution in [2.24, 2.45) is 0 Å². The molecule has 2 aromatic heterocycles. The third kappa shape index (κ3) is 3.91. The van der Waals surface area contributed by atoms with Crippen molar-refractivity contribution < 1.29 is 17.9 Å². The van der Waals surface area contributed by atoms with Crippen LogP contribution in [0.15, 0.2) is 41.3 Å². The van der Waals surface area contributed by atoms with Crippen molar-refractivity contribution in [2.45, 2.75) is 32.1 Å². The number of ether oxygens (including phenoxy) is 1. The van der Waals surface area contributed by atoms with Gasteiger partial charge < -0.3 is 9.64 Å². The van der Waals surface area contributed by atoms with Gasteiger partial charge in [0.25, 0.3) is 0 Å². The molecule has 0 amide bonds. The lowest BCUT2D eigenvalue weighted by Crippen LogP contribution is -2.37. The minimum Gasteiger partial charge on any atom is -0.497 e. The van der Waals surface area contributed by atoms with E-state index in [0.717, 1.165) is 28.5 Å². The van der Waals surface area contributed by atoms with Crippen LogP contribution in [-0.4, -0.2) is 28.4 Å². The van der Waals surface area contributed by atoms with Gasteiger partial charge in [-0.15, -0.1) is 11.3 Å². The number of methoxy groups -OCH3 is 1. The van der Waals surface area contributed by atoms with Crippen molar-refractivity contribution in [3.05, 3.63) is 67.9 Å². The van der Waals surface area contributed by atoms with Gasteiger partial charge in [-0.25, -0.2) is 9.48 Å². The molecule has 1 aromatic carbocycles. The summed E-state index contributed by atoms with van der Waals surface area (Å²) in [5.41, 5.74) is 1.73. The first-order chi connectivity index (χ1) is 14.3. The zero-order valence-electron chi connectivity index (χ0n) is 16.3. The standard InChI is InChI=1S/C20H19F3N4O2S/c1-12-16-5-3-14(29-2)9-13(16)7-8-26(12)18-10-24-27(19(28)25-18)11-15-4-6-17(30-15)20(21,22)23/h3-6,9-10,12H,7-8,11H2,1-2H3. The van der Waals surface area contributed by atoms with Crippen molar-refractivity contribution in [3.8, 4) is 5.75 Å². The molecular formula is C20H19F3N4O2S. The van der Waals surface area contributed by atoms with E-state index < -0.39 is 16.7 Å². The Morgan fingerprint density at radius 2 is 2.07 bits per heavy atom. The number of fused-ring (bicyclic) bond motifs is 1. The van der Waals surface area contributed by atoms with E-state index in [2.05, 4.69) is 10.1 Å². The molecule has 0 saturated heterocycles. The number of benzene rings is 1. The minimum absolute atomic E-state index is 0.00385. The van der Waals surface area contributed by atoms with Crippen LogP contribution in [0.1, 0.15) is 33.8 Å². The summed E-state index contributed by atoms with van der Waals surface area (Å²) in [6.45, 7) is 2.65. The van der Waals surface area contributed by atoms with Crippen LogP contribution in [0.25, 0.3) is 0 Å². The van der Waals surface area contributed by atoms with Gasteiger partial charge in [0, 0.05) is 11.4 Å². The number of hydrogen-bond donors (Lipinski definition) is 0. The van der Waals surface area contributed by atoms with Gasteiger partial charge in [0.05, 0.1) is 25.9 Å². The van der Waals surface area contributed by atoms with Crippen molar-refractivity contribution in [1.29, 1.82) is 0 Å². The van der Waals surface area contributed by atoms with Gasteiger partial charge in [-0.3, -0.25) is 0 Å². The van der Waals surface area contributed by atoms with E-state index in [9.17, 15) is 18.0 Å². The van der Waals surface area contributed by atoms with E-state index in [1.54, 1.807) is 7.11 Å². The first-order valence-corrected chi connectivity index (χ1v) is 10.1. The molecule has 30 heavy (non-hydrogen) atoms. The Kier molecular flexibility index (Phi) is 5.27. The van der Waals surface area contributed by atoms with Gasteiger partial charge >= 0.3 is 11.9 Å². The fourth-order valence-corrected chi connectivity index (χ4v) is 4.47. The molecule has 158 valence electrons. The minimum atomic E-state index is -4.39. The smallest absolute Gasteiger partial charge is 0.425 e. The Labute approximate surface area is 174 Å². The maximum absolute atomic E-state index is 12.8. The first kappa shape index (κ1) is 20.4. The molecule has 0 radical (unpaired) electrons. The average molecular weight is 436 g/mol. The highest BCUT2D eigenvalue weighted by Gasteiger charge is 2.32. The molecule has 0 spiro atoms.